The molecule has 8 rings (SSSR count). The van der Waals surface area contributed by atoms with Crippen LogP contribution in [0.4, 0.5) is 0 Å². The molecular formula is C26H13N3S2. The average Bonchev–Trinajstić information content (AvgIpc) is 3.52. The Kier molecular flexibility index (Phi) is 2.91. The normalized spacial score (nSPS) is 12.5. The minimum absolute atomic E-state index is 0.986. The van der Waals surface area contributed by atoms with Gasteiger partial charge >= 0.3 is 0 Å². The van der Waals surface area contributed by atoms with Gasteiger partial charge in [0, 0.05) is 81.3 Å². The van der Waals surface area contributed by atoms with Crippen LogP contribution in [0.1, 0.15) is 0 Å². The zero-order valence-corrected chi connectivity index (χ0v) is 17.8. The van der Waals surface area contributed by atoms with Crippen molar-refractivity contribution in [1.29, 1.82) is 0 Å². The molecule has 31 heavy (non-hydrogen) atoms. The molecule has 0 aliphatic rings. The van der Waals surface area contributed by atoms with E-state index in [0.29, 0.717) is 0 Å². The lowest BCUT2D eigenvalue weighted by atomic mass is 10.0. The van der Waals surface area contributed by atoms with Gasteiger partial charge in [-0.15, -0.1) is 22.7 Å². The van der Waals surface area contributed by atoms with E-state index >= 15 is 0 Å². The molecule has 0 aliphatic heterocycles. The van der Waals surface area contributed by atoms with Crippen molar-refractivity contribution in [3.63, 3.8) is 0 Å². The number of hydrogen-bond donors (Lipinski definition) is 0. The molecule has 3 nitrogen and oxygen atoms in total. The maximum absolute atomic E-state index is 4.69. The van der Waals surface area contributed by atoms with Crippen molar-refractivity contribution in [2.45, 2.75) is 0 Å². The Balaban J connectivity index is 1.66. The quantitative estimate of drug-likeness (QED) is 0.230. The Bertz CT molecular complexity index is 2010. The van der Waals surface area contributed by atoms with Gasteiger partial charge in [0.1, 0.15) is 5.65 Å². The summed E-state index contributed by atoms with van der Waals surface area (Å²) in [6, 6.07) is 20.1. The highest BCUT2D eigenvalue weighted by Gasteiger charge is 2.17. The number of pyridine rings is 2. The molecule has 0 spiro atoms. The van der Waals surface area contributed by atoms with E-state index in [2.05, 4.69) is 75.2 Å². The van der Waals surface area contributed by atoms with Crippen LogP contribution in [0, 0.1) is 0 Å². The molecule has 3 aromatic carbocycles. The fourth-order valence-corrected chi connectivity index (χ4v) is 7.28. The summed E-state index contributed by atoms with van der Waals surface area (Å²) in [7, 11) is 0. The third kappa shape index (κ3) is 1.98. The highest BCUT2D eigenvalue weighted by atomic mass is 32.1. The molecule has 0 N–H and O–H groups in total. The van der Waals surface area contributed by atoms with Gasteiger partial charge in [-0.1, -0.05) is 24.3 Å². The summed E-state index contributed by atoms with van der Waals surface area (Å²) in [4.78, 5) is 9.10. The van der Waals surface area contributed by atoms with E-state index in [0.717, 1.165) is 16.4 Å². The van der Waals surface area contributed by atoms with E-state index in [9.17, 15) is 0 Å². The largest absolute Gasteiger partial charge is 0.298 e. The highest BCUT2D eigenvalue weighted by molar-refractivity contribution is 7.27. The van der Waals surface area contributed by atoms with Crippen LogP contribution in [0.15, 0.2) is 79.4 Å². The van der Waals surface area contributed by atoms with Crippen molar-refractivity contribution >= 4 is 90.3 Å². The summed E-state index contributed by atoms with van der Waals surface area (Å²) in [5.74, 6) is 0. The summed E-state index contributed by atoms with van der Waals surface area (Å²) in [5, 5.41) is 8.84. The Morgan fingerprint density at radius 1 is 0.645 bits per heavy atom. The molecule has 0 atom stereocenters. The lowest BCUT2D eigenvalue weighted by molar-refractivity contribution is 1.27. The molecule has 0 unspecified atom stereocenters. The molecule has 144 valence electrons. The van der Waals surface area contributed by atoms with Crippen molar-refractivity contribution in [3.05, 3.63) is 79.4 Å². The maximum atomic E-state index is 4.69. The first-order valence-corrected chi connectivity index (χ1v) is 11.8. The maximum Gasteiger partial charge on any atom is 0.145 e. The number of hydrogen-bond acceptors (Lipinski definition) is 4. The average molecular weight is 432 g/mol. The zero-order valence-electron chi connectivity index (χ0n) is 16.2. The minimum Gasteiger partial charge on any atom is -0.298 e. The van der Waals surface area contributed by atoms with Crippen molar-refractivity contribution in [3.8, 4) is 0 Å². The zero-order chi connectivity index (χ0) is 20.1. The standard InChI is InChI=1S/C26H13N3S2/c1-2-4-20-14(3-1)17-11-23-18(12-22(17)30-20)24-21(31-23)6-5-15-19-13-27-8-7-16(19)26-28-9-10-29(26)25(15)24/h1-13H. The van der Waals surface area contributed by atoms with Gasteiger partial charge in [0.2, 0.25) is 0 Å². The van der Waals surface area contributed by atoms with Gasteiger partial charge in [-0.3, -0.25) is 9.38 Å². The van der Waals surface area contributed by atoms with E-state index < -0.39 is 0 Å². The molecule has 5 heterocycles. The van der Waals surface area contributed by atoms with Crippen molar-refractivity contribution in [1.82, 2.24) is 14.4 Å². The number of thiophene rings is 2. The van der Waals surface area contributed by atoms with Crippen molar-refractivity contribution in [2.24, 2.45) is 0 Å². The topological polar surface area (TPSA) is 30.2 Å². The first kappa shape index (κ1) is 16.2. The number of fused-ring (bicyclic) bond motifs is 13. The van der Waals surface area contributed by atoms with E-state index in [1.54, 1.807) is 0 Å². The molecule has 0 saturated carbocycles. The second kappa shape index (κ2) is 5.58. The third-order valence-electron chi connectivity index (χ3n) is 6.34. The van der Waals surface area contributed by atoms with Crippen molar-refractivity contribution < 1.29 is 0 Å². The summed E-state index contributed by atoms with van der Waals surface area (Å²) in [5.41, 5.74) is 2.21. The number of benzene rings is 3. The summed E-state index contributed by atoms with van der Waals surface area (Å²) < 4.78 is 7.58. The number of imidazole rings is 1. The Morgan fingerprint density at radius 3 is 2.52 bits per heavy atom. The second-order valence-corrected chi connectivity index (χ2v) is 10.1. The van der Waals surface area contributed by atoms with Crippen LogP contribution < -0.4 is 0 Å². The molecule has 5 aromatic heterocycles. The lowest BCUT2D eigenvalue weighted by Gasteiger charge is -2.09. The molecule has 8 aromatic rings. The van der Waals surface area contributed by atoms with Gasteiger partial charge in [-0.25, -0.2) is 4.98 Å². The Labute approximate surface area is 183 Å². The number of rotatable bonds is 0. The molecule has 0 amide bonds. The summed E-state index contributed by atoms with van der Waals surface area (Å²) >= 11 is 3.75. The second-order valence-electron chi connectivity index (χ2n) is 7.92. The molecule has 0 bridgehead atoms. The number of aromatic nitrogens is 3. The van der Waals surface area contributed by atoms with E-state index in [1.807, 2.05) is 41.3 Å². The van der Waals surface area contributed by atoms with Gasteiger partial charge in [0.25, 0.3) is 0 Å². The van der Waals surface area contributed by atoms with E-state index in [1.165, 1.54) is 51.2 Å². The molecule has 0 radical (unpaired) electrons. The number of nitrogens with zero attached hydrogens (tertiary/aromatic N) is 3. The SMILES string of the molecule is c1ccc2c(c1)sc1cc3c(cc12)sc1ccc2c4cnccc4c4nccn4c2c13. The molecular weight excluding hydrogens is 418 g/mol. The van der Waals surface area contributed by atoms with Crippen LogP contribution in [0.2, 0.25) is 0 Å². The van der Waals surface area contributed by atoms with Gasteiger partial charge in [-0.05, 0) is 30.3 Å². The fraction of sp³-hybridized carbons (Fsp3) is 0. The van der Waals surface area contributed by atoms with Gasteiger partial charge in [0.05, 0.1) is 5.52 Å². The van der Waals surface area contributed by atoms with Crippen LogP contribution in [-0.2, 0) is 0 Å². The Hall–Kier alpha value is -3.54. The third-order valence-corrected chi connectivity index (χ3v) is 8.59. The van der Waals surface area contributed by atoms with Crippen LogP contribution in [0.5, 0.6) is 0 Å². The Morgan fingerprint density at radius 2 is 1.52 bits per heavy atom. The van der Waals surface area contributed by atoms with Gasteiger partial charge in [0.15, 0.2) is 0 Å². The van der Waals surface area contributed by atoms with Crippen LogP contribution in [-0.4, -0.2) is 14.4 Å². The fourth-order valence-electron chi connectivity index (χ4n) is 5.02. The molecule has 0 fully saturated rings. The minimum atomic E-state index is 0.986. The summed E-state index contributed by atoms with van der Waals surface area (Å²) in [6.07, 6.45) is 7.79. The first-order valence-electron chi connectivity index (χ1n) is 10.2. The predicted molar refractivity (Wildman–Crippen MR) is 134 cm³/mol. The predicted octanol–water partition coefficient (Wildman–Crippen LogP) is 7.77. The smallest absolute Gasteiger partial charge is 0.145 e. The van der Waals surface area contributed by atoms with E-state index in [4.69, 9.17) is 0 Å². The van der Waals surface area contributed by atoms with Gasteiger partial charge < -0.3 is 0 Å². The highest BCUT2D eigenvalue weighted by Crippen LogP contribution is 2.44. The molecule has 0 saturated heterocycles. The lowest BCUT2D eigenvalue weighted by Crippen LogP contribution is -1.91. The van der Waals surface area contributed by atoms with Crippen LogP contribution >= 0.6 is 22.7 Å². The van der Waals surface area contributed by atoms with Crippen LogP contribution in [0.3, 0.4) is 0 Å². The van der Waals surface area contributed by atoms with Crippen LogP contribution in [0.25, 0.3) is 67.7 Å². The van der Waals surface area contributed by atoms with Gasteiger partial charge in [-0.2, -0.15) is 0 Å². The van der Waals surface area contributed by atoms with E-state index in [-0.39, 0.29) is 0 Å². The summed E-state index contributed by atoms with van der Waals surface area (Å²) in [6.45, 7) is 0. The monoisotopic (exact) mass is 431 g/mol. The molecule has 5 heteroatoms. The molecule has 0 aliphatic carbocycles. The van der Waals surface area contributed by atoms with Crippen molar-refractivity contribution in [2.75, 3.05) is 0 Å². The first-order chi connectivity index (χ1) is 15.4.